The topological polar surface area (TPSA) is 92.6 Å². The van der Waals surface area contributed by atoms with Crippen LogP contribution in [-0.4, -0.2) is 47.5 Å². The molecular weight excluding hydrogens is 318 g/mol. The molecule has 3 aromatic rings. The highest BCUT2D eigenvalue weighted by Crippen LogP contribution is 2.33. The lowest BCUT2D eigenvalue weighted by molar-refractivity contribution is 0.0530. The summed E-state index contributed by atoms with van der Waals surface area (Å²) in [6.07, 6.45) is 1.45. The highest BCUT2D eigenvalue weighted by Gasteiger charge is 2.37. The third-order valence-corrected chi connectivity index (χ3v) is 4.41. The number of carbonyl (C=O) groups excluding carboxylic acids is 1. The van der Waals surface area contributed by atoms with Gasteiger partial charge in [0.05, 0.1) is 18.8 Å². The fourth-order valence-electron chi connectivity index (χ4n) is 3.27. The van der Waals surface area contributed by atoms with Gasteiger partial charge in [0.1, 0.15) is 0 Å². The molecule has 4 rings (SSSR count). The minimum absolute atomic E-state index is 0.136. The molecule has 1 aromatic carbocycles. The molecule has 1 aliphatic heterocycles. The number of benzene rings is 1. The number of hydrogen-bond donors (Lipinski definition) is 1. The second kappa shape index (κ2) is 6.12. The SMILES string of the molecule is CC(C)[C@H]1c2nc(-c3ccccc3)nn2CCN1C(=O)c1cn[nH]n1. The lowest BCUT2D eigenvalue weighted by Gasteiger charge is -2.36. The highest BCUT2D eigenvalue weighted by molar-refractivity contribution is 5.92. The van der Waals surface area contributed by atoms with Gasteiger partial charge in [-0.05, 0) is 5.92 Å². The predicted molar refractivity (Wildman–Crippen MR) is 90.5 cm³/mol. The van der Waals surface area contributed by atoms with E-state index in [1.165, 1.54) is 6.20 Å². The summed E-state index contributed by atoms with van der Waals surface area (Å²) in [6.45, 7) is 5.35. The van der Waals surface area contributed by atoms with Crippen LogP contribution in [0.25, 0.3) is 11.4 Å². The number of nitrogens with one attached hydrogen (secondary N) is 1. The Kier molecular flexibility index (Phi) is 3.79. The van der Waals surface area contributed by atoms with Gasteiger partial charge in [-0.25, -0.2) is 9.67 Å². The second-order valence-electron chi connectivity index (χ2n) is 6.43. The number of nitrogens with zero attached hydrogens (tertiary/aromatic N) is 6. The maximum absolute atomic E-state index is 12.8. The molecule has 3 heterocycles. The van der Waals surface area contributed by atoms with E-state index in [0.29, 0.717) is 24.6 Å². The van der Waals surface area contributed by atoms with Crippen LogP contribution in [0.15, 0.2) is 36.5 Å². The van der Waals surface area contributed by atoms with Gasteiger partial charge in [0, 0.05) is 12.1 Å². The molecule has 128 valence electrons. The van der Waals surface area contributed by atoms with Gasteiger partial charge in [-0.15, -0.1) is 0 Å². The van der Waals surface area contributed by atoms with E-state index in [4.69, 9.17) is 4.98 Å². The first-order chi connectivity index (χ1) is 12.1. The van der Waals surface area contributed by atoms with Crippen LogP contribution < -0.4 is 0 Å². The number of H-pyrrole nitrogens is 1. The molecule has 2 aromatic heterocycles. The first-order valence-electron chi connectivity index (χ1n) is 8.32. The largest absolute Gasteiger partial charge is 0.325 e. The maximum Gasteiger partial charge on any atom is 0.276 e. The molecule has 1 aliphatic rings. The standard InChI is InChI=1S/C17H19N7O/c1-11(2)14-16-19-15(12-6-4-3-5-7-12)21-24(16)9-8-23(14)17(25)13-10-18-22-20-13/h3-7,10-11,14H,8-9H2,1-2H3,(H,18,20,22)/t14-/m0/s1. The summed E-state index contributed by atoms with van der Waals surface area (Å²) in [5.41, 5.74) is 1.29. The Balaban J connectivity index is 1.72. The Morgan fingerprint density at radius 2 is 2.04 bits per heavy atom. The van der Waals surface area contributed by atoms with Crippen molar-refractivity contribution in [3.63, 3.8) is 0 Å². The summed E-state index contributed by atoms with van der Waals surface area (Å²) in [5.74, 6) is 1.57. The molecule has 1 N–H and O–H groups in total. The summed E-state index contributed by atoms with van der Waals surface area (Å²) in [6, 6.07) is 9.73. The lowest BCUT2D eigenvalue weighted by Crippen LogP contribution is -2.44. The van der Waals surface area contributed by atoms with Gasteiger partial charge in [0.15, 0.2) is 17.3 Å². The highest BCUT2D eigenvalue weighted by atomic mass is 16.2. The van der Waals surface area contributed by atoms with Crippen LogP contribution in [0.1, 0.15) is 36.2 Å². The first kappa shape index (κ1) is 15.5. The molecule has 0 aliphatic carbocycles. The van der Waals surface area contributed by atoms with Crippen molar-refractivity contribution in [2.45, 2.75) is 26.4 Å². The Bertz CT molecular complexity index is 870. The van der Waals surface area contributed by atoms with Crippen molar-refractivity contribution in [1.29, 1.82) is 0 Å². The smallest absolute Gasteiger partial charge is 0.276 e. The molecule has 0 fully saturated rings. The quantitative estimate of drug-likeness (QED) is 0.788. The zero-order valence-corrected chi connectivity index (χ0v) is 14.1. The van der Waals surface area contributed by atoms with Crippen molar-refractivity contribution >= 4 is 5.91 Å². The average molecular weight is 337 g/mol. The second-order valence-corrected chi connectivity index (χ2v) is 6.43. The van der Waals surface area contributed by atoms with Crippen LogP contribution in [0.4, 0.5) is 0 Å². The number of aromatic nitrogens is 6. The fourth-order valence-corrected chi connectivity index (χ4v) is 3.27. The van der Waals surface area contributed by atoms with Crippen molar-refractivity contribution in [3.05, 3.63) is 48.0 Å². The summed E-state index contributed by atoms with van der Waals surface area (Å²) in [5, 5.41) is 14.8. The number of rotatable bonds is 3. The Hall–Kier alpha value is -3.03. The van der Waals surface area contributed by atoms with E-state index in [1.807, 2.05) is 39.9 Å². The minimum Gasteiger partial charge on any atom is -0.325 e. The molecule has 0 bridgehead atoms. The molecule has 1 atom stereocenters. The number of carbonyl (C=O) groups is 1. The van der Waals surface area contributed by atoms with Crippen molar-refractivity contribution < 1.29 is 4.79 Å². The Labute approximate surface area is 144 Å². The van der Waals surface area contributed by atoms with Crippen molar-refractivity contribution in [3.8, 4) is 11.4 Å². The Morgan fingerprint density at radius 3 is 2.72 bits per heavy atom. The molecular formula is C17H19N7O. The molecule has 8 nitrogen and oxygen atoms in total. The first-order valence-corrected chi connectivity index (χ1v) is 8.32. The molecule has 0 radical (unpaired) electrons. The van der Waals surface area contributed by atoms with E-state index in [-0.39, 0.29) is 17.9 Å². The number of aromatic amines is 1. The van der Waals surface area contributed by atoms with Gasteiger partial charge in [-0.3, -0.25) is 4.79 Å². The molecule has 0 unspecified atom stereocenters. The van der Waals surface area contributed by atoms with Crippen molar-refractivity contribution in [1.82, 2.24) is 35.1 Å². The maximum atomic E-state index is 12.8. The van der Waals surface area contributed by atoms with Gasteiger partial charge in [-0.2, -0.15) is 20.5 Å². The van der Waals surface area contributed by atoms with Gasteiger partial charge < -0.3 is 4.90 Å². The molecule has 1 amide bonds. The molecule has 0 saturated heterocycles. The van der Waals surface area contributed by atoms with Crippen LogP contribution in [0.5, 0.6) is 0 Å². The molecule has 8 heteroatoms. The van der Waals surface area contributed by atoms with Gasteiger partial charge >= 0.3 is 0 Å². The van der Waals surface area contributed by atoms with E-state index < -0.39 is 0 Å². The molecule has 25 heavy (non-hydrogen) atoms. The third kappa shape index (κ3) is 2.69. The van der Waals surface area contributed by atoms with E-state index in [1.54, 1.807) is 0 Å². The van der Waals surface area contributed by atoms with E-state index in [2.05, 4.69) is 34.4 Å². The monoisotopic (exact) mass is 337 g/mol. The number of fused-ring (bicyclic) bond motifs is 1. The zero-order valence-electron chi connectivity index (χ0n) is 14.1. The van der Waals surface area contributed by atoms with E-state index >= 15 is 0 Å². The van der Waals surface area contributed by atoms with Crippen LogP contribution in [0.3, 0.4) is 0 Å². The van der Waals surface area contributed by atoms with E-state index in [0.717, 1.165) is 11.4 Å². The van der Waals surface area contributed by atoms with Crippen LogP contribution in [0, 0.1) is 5.92 Å². The van der Waals surface area contributed by atoms with E-state index in [9.17, 15) is 4.79 Å². The molecule has 0 saturated carbocycles. The van der Waals surface area contributed by atoms with Crippen LogP contribution >= 0.6 is 0 Å². The third-order valence-electron chi connectivity index (χ3n) is 4.41. The fraction of sp³-hybridized carbons (Fsp3) is 0.353. The average Bonchev–Trinajstić information content (AvgIpc) is 3.30. The zero-order chi connectivity index (χ0) is 17.4. The predicted octanol–water partition coefficient (Wildman–Crippen LogP) is 1.92. The Morgan fingerprint density at radius 1 is 1.24 bits per heavy atom. The summed E-state index contributed by atoms with van der Waals surface area (Å²) >= 11 is 0. The van der Waals surface area contributed by atoms with Crippen LogP contribution in [0.2, 0.25) is 0 Å². The van der Waals surface area contributed by atoms with Crippen molar-refractivity contribution in [2.75, 3.05) is 6.54 Å². The minimum atomic E-state index is -0.150. The van der Waals surface area contributed by atoms with Crippen molar-refractivity contribution in [2.24, 2.45) is 5.92 Å². The summed E-state index contributed by atoms with van der Waals surface area (Å²) < 4.78 is 1.92. The number of hydrogen-bond acceptors (Lipinski definition) is 5. The van der Waals surface area contributed by atoms with Gasteiger partial charge in [0.2, 0.25) is 0 Å². The summed E-state index contributed by atoms with van der Waals surface area (Å²) in [4.78, 5) is 19.4. The number of amides is 1. The van der Waals surface area contributed by atoms with Gasteiger partial charge in [0.25, 0.3) is 5.91 Å². The molecule has 0 spiro atoms. The van der Waals surface area contributed by atoms with Gasteiger partial charge in [-0.1, -0.05) is 44.2 Å². The van der Waals surface area contributed by atoms with Crippen LogP contribution in [-0.2, 0) is 6.54 Å². The lowest BCUT2D eigenvalue weighted by atomic mass is 9.99. The normalized spacial score (nSPS) is 16.9. The summed E-state index contributed by atoms with van der Waals surface area (Å²) in [7, 11) is 0.